The van der Waals surface area contributed by atoms with Crippen LogP contribution in [0.4, 0.5) is 0 Å². The molecule has 1 heterocycles. The Balaban J connectivity index is 2.37. The van der Waals surface area contributed by atoms with Gasteiger partial charge in [0.25, 0.3) is 0 Å². The summed E-state index contributed by atoms with van der Waals surface area (Å²) in [7, 11) is 7.26. The van der Waals surface area contributed by atoms with Crippen molar-refractivity contribution in [3.8, 4) is 0 Å². The van der Waals surface area contributed by atoms with E-state index in [1.165, 1.54) is 0 Å². The van der Waals surface area contributed by atoms with Gasteiger partial charge in [-0.3, -0.25) is 0 Å². The van der Waals surface area contributed by atoms with Gasteiger partial charge in [0.1, 0.15) is 5.78 Å². The highest BCUT2D eigenvalue weighted by Gasteiger charge is 2.23. The number of hydrogen-bond acceptors (Lipinski definition) is 2. The van der Waals surface area contributed by atoms with E-state index in [0.29, 0.717) is 0 Å². The molecular formula is C7H12BNO. The topological polar surface area (TPSA) is 20.3 Å². The highest BCUT2D eigenvalue weighted by molar-refractivity contribution is 6.20. The van der Waals surface area contributed by atoms with Gasteiger partial charge in [0.05, 0.1) is 7.85 Å². The summed E-state index contributed by atoms with van der Waals surface area (Å²) >= 11 is 0. The van der Waals surface area contributed by atoms with E-state index in [9.17, 15) is 4.79 Å². The van der Waals surface area contributed by atoms with Crippen molar-refractivity contribution in [3.05, 3.63) is 0 Å². The Hall–Kier alpha value is -0.305. The molecule has 1 unspecified atom stereocenters. The number of carbonyl (C=O) groups is 1. The number of carbonyl (C=O) groups excluding carboxylic acids is 1. The van der Waals surface area contributed by atoms with Gasteiger partial charge in [-0.05, 0) is 26.3 Å². The van der Waals surface area contributed by atoms with Crippen LogP contribution in [0.1, 0.15) is 6.42 Å². The first kappa shape index (κ1) is 7.80. The number of Topliss-reactive ketones (excluding diaryl/α,β-unsaturated/α-hetero) is 1. The van der Waals surface area contributed by atoms with Crippen molar-refractivity contribution in [3.63, 3.8) is 0 Å². The summed E-state index contributed by atoms with van der Waals surface area (Å²) in [6, 6.07) is 0. The maximum Gasteiger partial charge on any atom is 0.128 e. The second-order valence-electron chi connectivity index (χ2n) is 2.92. The lowest BCUT2D eigenvalue weighted by Crippen LogP contribution is -2.19. The first-order valence-electron chi connectivity index (χ1n) is 3.65. The Morgan fingerprint density at radius 3 is 2.90 bits per heavy atom. The van der Waals surface area contributed by atoms with E-state index >= 15 is 0 Å². The molecule has 1 atom stereocenters. The third-order valence-corrected chi connectivity index (χ3v) is 2.05. The van der Waals surface area contributed by atoms with Crippen LogP contribution in [0.3, 0.4) is 0 Å². The SMILES string of the molecule is [B]CC(=O)C1CCN(C)C1. The van der Waals surface area contributed by atoms with Crippen LogP contribution in [0, 0.1) is 5.92 Å². The van der Waals surface area contributed by atoms with Crippen molar-refractivity contribution in [2.45, 2.75) is 12.7 Å². The quantitative estimate of drug-likeness (QED) is 0.503. The van der Waals surface area contributed by atoms with E-state index in [-0.39, 0.29) is 18.0 Å². The first-order chi connectivity index (χ1) is 4.74. The molecule has 1 aliphatic rings. The zero-order valence-electron chi connectivity index (χ0n) is 6.34. The molecule has 1 rings (SSSR count). The van der Waals surface area contributed by atoms with Crippen LogP contribution in [0.2, 0.25) is 6.32 Å². The molecule has 0 aromatic heterocycles. The van der Waals surface area contributed by atoms with Gasteiger partial charge in [0.15, 0.2) is 0 Å². The monoisotopic (exact) mass is 137 g/mol. The lowest BCUT2D eigenvalue weighted by Gasteiger charge is -2.07. The van der Waals surface area contributed by atoms with Crippen LogP contribution >= 0.6 is 0 Å². The molecular weight excluding hydrogens is 125 g/mol. The molecule has 3 heteroatoms. The Morgan fingerprint density at radius 2 is 2.50 bits per heavy atom. The second kappa shape index (κ2) is 3.19. The number of nitrogens with zero attached hydrogens (tertiary/aromatic N) is 1. The second-order valence-corrected chi connectivity index (χ2v) is 2.92. The standard InChI is InChI=1S/C7H12BNO/c1-9-3-2-6(5-9)7(10)4-8/h6H,2-5H2,1H3. The predicted octanol–water partition coefficient (Wildman–Crippen LogP) is 0.0940. The minimum absolute atomic E-state index is 0.207. The molecule has 0 aromatic rings. The molecule has 1 saturated heterocycles. The first-order valence-corrected chi connectivity index (χ1v) is 3.65. The van der Waals surface area contributed by atoms with Crippen molar-refractivity contribution in [1.29, 1.82) is 0 Å². The van der Waals surface area contributed by atoms with Crippen LogP contribution in [-0.2, 0) is 4.79 Å². The number of hydrogen-bond donors (Lipinski definition) is 0. The Labute approximate surface area is 63.0 Å². The maximum atomic E-state index is 11.0. The molecule has 0 spiro atoms. The molecule has 0 bridgehead atoms. The van der Waals surface area contributed by atoms with E-state index in [0.717, 1.165) is 19.5 Å². The van der Waals surface area contributed by atoms with Crippen LogP contribution in [0.15, 0.2) is 0 Å². The zero-order chi connectivity index (χ0) is 7.56. The molecule has 2 nitrogen and oxygen atoms in total. The van der Waals surface area contributed by atoms with Gasteiger partial charge < -0.3 is 9.69 Å². The minimum Gasteiger partial charge on any atom is -0.306 e. The lowest BCUT2D eigenvalue weighted by atomic mass is 9.91. The van der Waals surface area contributed by atoms with Gasteiger partial charge in [0, 0.05) is 12.5 Å². The average molecular weight is 137 g/mol. The largest absolute Gasteiger partial charge is 0.306 e. The van der Waals surface area contributed by atoms with Gasteiger partial charge in [0.2, 0.25) is 0 Å². The fourth-order valence-electron chi connectivity index (χ4n) is 1.36. The highest BCUT2D eigenvalue weighted by atomic mass is 16.1. The average Bonchev–Trinajstić information content (AvgIpc) is 2.34. The molecule has 0 saturated carbocycles. The molecule has 1 aliphatic heterocycles. The summed E-state index contributed by atoms with van der Waals surface area (Å²) in [6.07, 6.45) is 1.20. The van der Waals surface area contributed by atoms with Crippen molar-refractivity contribution in [2.75, 3.05) is 20.1 Å². The van der Waals surface area contributed by atoms with Crippen molar-refractivity contribution in [1.82, 2.24) is 4.90 Å². The molecule has 0 aliphatic carbocycles. The lowest BCUT2D eigenvalue weighted by molar-refractivity contribution is -0.120. The summed E-state index contributed by atoms with van der Waals surface area (Å²) in [6.45, 7) is 1.94. The van der Waals surface area contributed by atoms with Gasteiger partial charge in [-0.15, -0.1) is 0 Å². The van der Waals surface area contributed by atoms with Gasteiger partial charge in [-0.2, -0.15) is 0 Å². The third kappa shape index (κ3) is 1.60. The van der Waals surface area contributed by atoms with Gasteiger partial charge >= 0.3 is 0 Å². The van der Waals surface area contributed by atoms with Gasteiger partial charge in [-0.25, -0.2) is 0 Å². The molecule has 0 amide bonds. The van der Waals surface area contributed by atoms with Crippen molar-refractivity contribution >= 4 is 13.6 Å². The van der Waals surface area contributed by atoms with E-state index in [4.69, 9.17) is 7.85 Å². The normalized spacial score (nSPS) is 27.1. The van der Waals surface area contributed by atoms with E-state index < -0.39 is 0 Å². The fourth-order valence-corrected chi connectivity index (χ4v) is 1.36. The Morgan fingerprint density at radius 1 is 1.80 bits per heavy atom. The molecule has 1 fully saturated rings. The summed E-state index contributed by atoms with van der Waals surface area (Å²) in [4.78, 5) is 13.2. The Bertz CT molecular complexity index is 138. The fraction of sp³-hybridized carbons (Fsp3) is 0.857. The minimum atomic E-state index is 0.207. The van der Waals surface area contributed by atoms with Crippen molar-refractivity contribution < 1.29 is 4.79 Å². The molecule has 54 valence electrons. The van der Waals surface area contributed by atoms with E-state index in [1.54, 1.807) is 0 Å². The number of ketones is 1. The molecule has 2 radical (unpaired) electrons. The predicted molar refractivity (Wildman–Crippen MR) is 41.2 cm³/mol. The zero-order valence-corrected chi connectivity index (χ0v) is 6.34. The third-order valence-electron chi connectivity index (χ3n) is 2.05. The smallest absolute Gasteiger partial charge is 0.128 e. The molecule has 0 aromatic carbocycles. The highest BCUT2D eigenvalue weighted by Crippen LogP contribution is 2.15. The van der Waals surface area contributed by atoms with E-state index in [1.807, 2.05) is 7.05 Å². The van der Waals surface area contributed by atoms with Crippen LogP contribution in [-0.4, -0.2) is 38.7 Å². The molecule has 0 N–H and O–H groups in total. The van der Waals surface area contributed by atoms with Crippen LogP contribution in [0.25, 0.3) is 0 Å². The maximum absolute atomic E-state index is 11.0. The van der Waals surface area contributed by atoms with Crippen LogP contribution in [0.5, 0.6) is 0 Å². The van der Waals surface area contributed by atoms with Crippen LogP contribution < -0.4 is 0 Å². The van der Waals surface area contributed by atoms with E-state index in [2.05, 4.69) is 4.90 Å². The number of likely N-dealkylation sites (tertiary alicyclic amines) is 1. The Kier molecular flexibility index (Phi) is 2.49. The van der Waals surface area contributed by atoms with Crippen molar-refractivity contribution in [2.24, 2.45) is 5.92 Å². The van der Waals surface area contributed by atoms with Gasteiger partial charge in [-0.1, -0.05) is 0 Å². The molecule has 10 heavy (non-hydrogen) atoms. The summed E-state index contributed by atoms with van der Waals surface area (Å²) < 4.78 is 0. The number of rotatable bonds is 2. The summed E-state index contributed by atoms with van der Waals surface area (Å²) in [5.41, 5.74) is 0. The summed E-state index contributed by atoms with van der Waals surface area (Å²) in [5.74, 6) is 0.430. The summed E-state index contributed by atoms with van der Waals surface area (Å²) in [5, 5.41) is 0.